The maximum Gasteiger partial charge on any atom is 0.246 e. The quantitative estimate of drug-likeness (QED) is 0.541. The Morgan fingerprint density at radius 3 is 2.80 bits per heavy atom. The number of nitrogens with zero attached hydrogens (tertiary/aromatic N) is 1. The third-order valence-corrected chi connectivity index (χ3v) is 2.84. The summed E-state index contributed by atoms with van der Waals surface area (Å²) in [6, 6.07) is 7.67. The zero-order chi connectivity index (χ0) is 14.8. The van der Waals surface area contributed by atoms with E-state index in [1.54, 1.807) is 31.2 Å². The standard InChI is InChI=1S/C16H23NO3/c1-4-20-15-9-6-5-8-14(15)10-11-16(18)17(2)12-7-13-19-3/h5-6,8-11H,4,7,12-13H2,1-3H3/b11-10+. The largest absolute Gasteiger partial charge is 0.493 e. The Morgan fingerprint density at radius 1 is 1.35 bits per heavy atom. The number of carbonyl (C=O) groups is 1. The number of para-hydroxylation sites is 1. The Labute approximate surface area is 121 Å². The lowest BCUT2D eigenvalue weighted by molar-refractivity contribution is -0.124. The number of hydrogen-bond acceptors (Lipinski definition) is 3. The van der Waals surface area contributed by atoms with Crippen molar-refractivity contribution in [1.29, 1.82) is 0 Å². The van der Waals surface area contributed by atoms with E-state index in [1.165, 1.54) is 0 Å². The zero-order valence-corrected chi connectivity index (χ0v) is 12.5. The van der Waals surface area contributed by atoms with Crippen LogP contribution in [0.3, 0.4) is 0 Å². The summed E-state index contributed by atoms with van der Waals surface area (Å²) >= 11 is 0. The van der Waals surface area contributed by atoms with Crippen LogP contribution in [-0.2, 0) is 9.53 Å². The minimum Gasteiger partial charge on any atom is -0.493 e. The van der Waals surface area contributed by atoms with Crippen LogP contribution in [0.1, 0.15) is 18.9 Å². The third kappa shape index (κ3) is 5.45. The second kappa shape index (κ2) is 9.15. The van der Waals surface area contributed by atoms with E-state index in [2.05, 4.69) is 0 Å². The molecule has 0 bridgehead atoms. The Balaban J connectivity index is 2.60. The van der Waals surface area contributed by atoms with Crippen LogP contribution >= 0.6 is 0 Å². The summed E-state index contributed by atoms with van der Waals surface area (Å²) in [5.74, 6) is 0.772. The average molecular weight is 277 g/mol. The minimum atomic E-state index is -0.0209. The van der Waals surface area contributed by atoms with Gasteiger partial charge in [-0.1, -0.05) is 18.2 Å². The van der Waals surface area contributed by atoms with E-state index in [0.717, 1.165) is 17.7 Å². The molecular formula is C16H23NO3. The van der Waals surface area contributed by atoms with Crippen LogP contribution in [0.15, 0.2) is 30.3 Å². The van der Waals surface area contributed by atoms with Gasteiger partial charge in [0.1, 0.15) is 5.75 Å². The number of likely N-dealkylation sites (N-methyl/N-ethyl adjacent to an activating group) is 1. The molecule has 0 spiro atoms. The van der Waals surface area contributed by atoms with Crippen molar-refractivity contribution < 1.29 is 14.3 Å². The maximum absolute atomic E-state index is 11.9. The molecule has 4 heteroatoms. The predicted octanol–water partition coefficient (Wildman–Crippen LogP) is 2.59. The molecular weight excluding hydrogens is 254 g/mol. The van der Waals surface area contributed by atoms with Crippen molar-refractivity contribution in [3.05, 3.63) is 35.9 Å². The van der Waals surface area contributed by atoms with Gasteiger partial charge in [0.15, 0.2) is 0 Å². The second-order valence-corrected chi connectivity index (χ2v) is 4.41. The highest BCUT2D eigenvalue weighted by Crippen LogP contribution is 2.19. The molecule has 0 atom stereocenters. The van der Waals surface area contributed by atoms with E-state index in [9.17, 15) is 4.79 Å². The summed E-state index contributed by atoms with van der Waals surface area (Å²) in [6.45, 7) is 3.89. The van der Waals surface area contributed by atoms with Gasteiger partial charge in [0.25, 0.3) is 0 Å². The Bertz CT molecular complexity index is 443. The summed E-state index contributed by atoms with van der Waals surface area (Å²) in [7, 11) is 3.45. The van der Waals surface area contributed by atoms with E-state index in [-0.39, 0.29) is 5.91 Å². The average Bonchev–Trinajstić information content (AvgIpc) is 2.46. The summed E-state index contributed by atoms with van der Waals surface area (Å²) in [6.07, 6.45) is 4.20. The lowest BCUT2D eigenvalue weighted by Crippen LogP contribution is -2.26. The van der Waals surface area contributed by atoms with E-state index < -0.39 is 0 Å². The van der Waals surface area contributed by atoms with Gasteiger partial charge in [-0.15, -0.1) is 0 Å². The van der Waals surface area contributed by atoms with E-state index >= 15 is 0 Å². The molecule has 1 rings (SSSR count). The summed E-state index contributed by atoms with van der Waals surface area (Å²) in [4.78, 5) is 13.6. The van der Waals surface area contributed by atoms with Crippen molar-refractivity contribution in [2.45, 2.75) is 13.3 Å². The van der Waals surface area contributed by atoms with Crippen molar-refractivity contribution in [1.82, 2.24) is 4.90 Å². The highest BCUT2D eigenvalue weighted by Gasteiger charge is 2.05. The van der Waals surface area contributed by atoms with Gasteiger partial charge < -0.3 is 14.4 Å². The molecule has 0 saturated carbocycles. The number of ether oxygens (including phenoxy) is 2. The lowest BCUT2D eigenvalue weighted by atomic mass is 10.2. The highest BCUT2D eigenvalue weighted by molar-refractivity contribution is 5.91. The molecule has 0 aliphatic rings. The molecule has 0 radical (unpaired) electrons. The summed E-state index contributed by atoms with van der Waals surface area (Å²) in [5.41, 5.74) is 0.910. The minimum absolute atomic E-state index is 0.0209. The van der Waals surface area contributed by atoms with Crippen molar-refractivity contribution in [3.8, 4) is 5.75 Å². The van der Waals surface area contributed by atoms with Crippen LogP contribution < -0.4 is 4.74 Å². The molecule has 1 amide bonds. The molecule has 0 heterocycles. The number of amides is 1. The van der Waals surface area contributed by atoms with Gasteiger partial charge in [0.05, 0.1) is 6.61 Å². The molecule has 1 aromatic carbocycles. The Kier molecular flexibility index (Phi) is 7.43. The topological polar surface area (TPSA) is 38.8 Å². The molecule has 4 nitrogen and oxygen atoms in total. The smallest absolute Gasteiger partial charge is 0.246 e. The van der Waals surface area contributed by atoms with E-state index in [4.69, 9.17) is 9.47 Å². The summed E-state index contributed by atoms with van der Waals surface area (Å²) in [5, 5.41) is 0. The zero-order valence-electron chi connectivity index (χ0n) is 12.5. The molecule has 0 unspecified atom stereocenters. The second-order valence-electron chi connectivity index (χ2n) is 4.41. The summed E-state index contributed by atoms with van der Waals surface area (Å²) < 4.78 is 10.5. The molecule has 0 aliphatic carbocycles. The van der Waals surface area contributed by atoms with Crippen LogP contribution in [0.4, 0.5) is 0 Å². The van der Waals surface area contributed by atoms with Gasteiger partial charge in [-0.25, -0.2) is 0 Å². The molecule has 0 fully saturated rings. The van der Waals surface area contributed by atoms with Crippen molar-refractivity contribution in [2.24, 2.45) is 0 Å². The van der Waals surface area contributed by atoms with Crippen LogP contribution in [0, 0.1) is 0 Å². The fourth-order valence-corrected chi connectivity index (χ4v) is 1.75. The van der Waals surface area contributed by atoms with Gasteiger partial charge in [-0.05, 0) is 25.5 Å². The number of methoxy groups -OCH3 is 1. The van der Waals surface area contributed by atoms with Gasteiger partial charge >= 0.3 is 0 Å². The fourth-order valence-electron chi connectivity index (χ4n) is 1.75. The third-order valence-electron chi connectivity index (χ3n) is 2.84. The van der Waals surface area contributed by atoms with Crippen LogP contribution in [-0.4, -0.2) is 44.7 Å². The first-order chi connectivity index (χ1) is 9.69. The van der Waals surface area contributed by atoms with Crippen molar-refractivity contribution in [3.63, 3.8) is 0 Å². The Hall–Kier alpha value is -1.81. The number of carbonyl (C=O) groups excluding carboxylic acids is 1. The van der Waals surface area contributed by atoms with Gasteiger partial charge in [-0.3, -0.25) is 4.79 Å². The first-order valence-corrected chi connectivity index (χ1v) is 6.83. The first-order valence-electron chi connectivity index (χ1n) is 6.83. The first kappa shape index (κ1) is 16.2. The van der Waals surface area contributed by atoms with Crippen molar-refractivity contribution in [2.75, 3.05) is 33.9 Å². The fraction of sp³-hybridized carbons (Fsp3) is 0.438. The molecule has 0 aliphatic heterocycles. The number of rotatable bonds is 8. The van der Waals surface area contributed by atoms with Gasteiger partial charge in [-0.2, -0.15) is 0 Å². The molecule has 110 valence electrons. The van der Waals surface area contributed by atoms with E-state index in [1.807, 2.05) is 31.2 Å². The molecule has 1 aromatic rings. The monoisotopic (exact) mass is 277 g/mol. The Morgan fingerprint density at radius 2 is 2.10 bits per heavy atom. The normalized spacial score (nSPS) is 10.8. The van der Waals surface area contributed by atoms with Gasteiger partial charge in [0, 0.05) is 38.9 Å². The highest BCUT2D eigenvalue weighted by atomic mass is 16.5. The maximum atomic E-state index is 11.9. The SMILES string of the molecule is CCOc1ccccc1/C=C/C(=O)N(C)CCCOC. The van der Waals surface area contributed by atoms with Crippen LogP contribution in [0.25, 0.3) is 6.08 Å². The van der Waals surface area contributed by atoms with Crippen LogP contribution in [0.5, 0.6) is 5.75 Å². The predicted molar refractivity (Wildman–Crippen MR) is 80.8 cm³/mol. The lowest BCUT2D eigenvalue weighted by Gasteiger charge is -2.14. The molecule has 0 saturated heterocycles. The molecule has 20 heavy (non-hydrogen) atoms. The molecule has 0 N–H and O–H groups in total. The van der Waals surface area contributed by atoms with Crippen LogP contribution in [0.2, 0.25) is 0 Å². The van der Waals surface area contributed by atoms with Crippen molar-refractivity contribution >= 4 is 12.0 Å². The van der Waals surface area contributed by atoms with E-state index in [0.29, 0.717) is 19.8 Å². The number of hydrogen-bond donors (Lipinski definition) is 0. The number of benzene rings is 1. The van der Waals surface area contributed by atoms with Gasteiger partial charge in [0.2, 0.25) is 5.91 Å². The molecule has 0 aromatic heterocycles.